The Kier molecular flexibility index (Phi) is 7.59. The molecule has 0 aliphatic heterocycles. The van der Waals surface area contributed by atoms with E-state index in [9.17, 15) is 9.59 Å². The predicted molar refractivity (Wildman–Crippen MR) is 124 cm³/mol. The van der Waals surface area contributed by atoms with Gasteiger partial charge in [0.05, 0.1) is 22.5 Å². The number of rotatable bonds is 7. The molecule has 0 aliphatic rings. The van der Waals surface area contributed by atoms with Crippen LogP contribution in [0.15, 0.2) is 47.6 Å². The number of halogens is 2. The topological polar surface area (TPSA) is 88.9 Å². The monoisotopic (exact) mass is 477 g/mol. The second-order valence-corrected chi connectivity index (χ2v) is 8.71. The number of amides is 2. The van der Waals surface area contributed by atoms with Crippen molar-refractivity contribution in [2.75, 3.05) is 11.1 Å². The van der Waals surface area contributed by atoms with Crippen molar-refractivity contribution in [2.24, 2.45) is 7.05 Å². The lowest BCUT2D eigenvalue weighted by Gasteiger charge is -2.14. The number of carbonyl (C=O) groups excluding carboxylic acids is 2. The van der Waals surface area contributed by atoms with E-state index in [0.717, 1.165) is 5.56 Å². The molecule has 0 saturated carbocycles. The summed E-state index contributed by atoms with van der Waals surface area (Å²) in [6.07, 6.45) is 0. The molecule has 1 atom stereocenters. The van der Waals surface area contributed by atoms with Crippen LogP contribution < -0.4 is 10.6 Å². The van der Waals surface area contributed by atoms with E-state index in [2.05, 4.69) is 20.8 Å². The second-order valence-electron chi connectivity index (χ2n) is 6.92. The molecule has 162 valence electrons. The van der Waals surface area contributed by atoms with Gasteiger partial charge in [-0.15, -0.1) is 10.2 Å². The highest BCUT2D eigenvalue weighted by Crippen LogP contribution is 2.26. The third-order valence-electron chi connectivity index (χ3n) is 4.45. The van der Waals surface area contributed by atoms with E-state index in [-0.39, 0.29) is 23.6 Å². The molecule has 0 spiro atoms. The fourth-order valence-corrected chi connectivity index (χ4v) is 3.96. The number of anilines is 1. The highest BCUT2D eigenvalue weighted by Gasteiger charge is 2.19. The Morgan fingerprint density at radius 3 is 2.52 bits per heavy atom. The molecular weight excluding hydrogens is 457 g/mol. The van der Waals surface area contributed by atoms with Gasteiger partial charge in [-0.1, -0.05) is 52.7 Å². The number of hydrogen-bond acceptors (Lipinski definition) is 5. The SMILES string of the molecule is Cc1ccc(C(=O)N[C@H](C)c2nnc(SCC(=O)Nc3ccc(Cl)cc3Cl)n2C)cc1. The smallest absolute Gasteiger partial charge is 0.251 e. The van der Waals surface area contributed by atoms with Crippen LogP contribution in [0.3, 0.4) is 0 Å². The van der Waals surface area contributed by atoms with Crippen molar-refractivity contribution < 1.29 is 9.59 Å². The zero-order valence-corrected chi connectivity index (χ0v) is 19.5. The number of nitrogens with one attached hydrogen (secondary N) is 2. The number of nitrogens with zero attached hydrogens (tertiary/aromatic N) is 3. The van der Waals surface area contributed by atoms with Gasteiger partial charge in [-0.05, 0) is 44.2 Å². The summed E-state index contributed by atoms with van der Waals surface area (Å²) in [6.45, 7) is 3.80. The lowest BCUT2D eigenvalue weighted by atomic mass is 10.1. The van der Waals surface area contributed by atoms with Gasteiger partial charge in [-0.3, -0.25) is 9.59 Å². The third-order valence-corrected chi connectivity index (χ3v) is 6.02. The van der Waals surface area contributed by atoms with Crippen LogP contribution in [-0.2, 0) is 11.8 Å². The summed E-state index contributed by atoms with van der Waals surface area (Å²) in [5, 5.41) is 15.4. The first-order valence-electron chi connectivity index (χ1n) is 9.39. The van der Waals surface area contributed by atoms with E-state index >= 15 is 0 Å². The van der Waals surface area contributed by atoms with E-state index < -0.39 is 0 Å². The van der Waals surface area contributed by atoms with Crippen molar-refractivity contribution in [1.29, 1.82) is 0 Å². The molecule has 1 aromatic heterocycles. The molecular formula is C21H21Cl2N5O2S. The number of benzene rings is 2. The normalized spacial score (nSPS) is 11.8. The Balaban J connectivity index is 1.58. The first kappa shape index (κ1) is 23.1. The van der Waals surface area contributed by atoms with Gasteiger partial charge in [0.15, 0.2) is 11.0 Å². The Bertz CT molecular complexity index is 1100. The lowest BCUT2D eigenvalue weighted by Crippen LogP contribution is -2.28. The van der Waals surface area contributed by atoms with Gasteiger partial charge in [0.2, 0.25) is 5.91 Å². The molecule has 0 fully saturated rings. The molecule has 0 aliphatic carbocycles. The van der Waals surface area contributed by atoms with Crippen molar-refractivity contribution in [3.8, 4) is 0 Å². The maximum absolute atomic E-state index is 12.4. The van der Waals surface area contributed by atoms with Gasteiger partial charge in [-0.25, -0.2) is 0 Å². The summed E-state index contributed by atoms with van der Waals surface area (Å²) in [5.41, 5.74) is 2.15. The first-order chi connectivity index (χ1) is 14.7. The number of aromatic nitrogens is 3. The lowest BCUT2D eigenvalue weighted by molar-refractivity contribution is -0.113. The fourth-order valence-electron chi connectivity index (χ4n) is 2.79. The number of thioether (sulfide) groups is 1. The van der Waals surface area contributed by atoms with Gasteiger partial charge in [0.1, 0.15) is 0 Å². The zero-order valence-electron chi connectivity index (χ0n) is 17.1. The Morgan fingerprint density at radius 2 is 1.84 bits per heavy atom. The minimum Gasteiger partial charge on any atom is -0.342 e. The van der Waals surface area contributed by atoms with Crippen LogP contribution >= 0.6 is 35.0 Å². The van der Waals surface area contributed by atoms with E-state index in [1.807, 2.05) is 26.0 Å². The van der Waals surface area contributed by atoms with E-state index in [4.69, 9.17) is 23.2 Å². The van der Waals surface area contributed by atoms with E-state index in [1.165, 1.54) is 11.8 Å². The van der Waals surface area contributed by atoms with Crippen LogP contribution in [0, 0.1) is 6.92 Å². The van der Waals surface area contributed by atoms with Crippen LogP contribution in [0.25, 0.3) is 0 Å². The van der Waals surface area contributed by atoms with Crippen LogP contribution in [0.2, 0.25) is 10.0 Å². The van der Waals surface area contributed by atoms with Crippen LogP contribution in [0.5, 0.6) is 0 Å². The second kappa shape index (κ2) is 10.2. The summed E-state index contributed by atoms with van der Waals surface area (Å²) >= 11 is 13.2. The molecule has 3 rings (SSSR count). The largest absolute Gasteiger partial charge is 0.342 e. The predicted octanol–water partition coefficient (Wildman–Crippen LogP) is 4.65. The van der Waals surface area contributed by atoms with Gasteiger partial charge in [0, 0.05) is 17.6 Å². The van der Waals surface area contributed by atoms with Gasteiger partial charge in [0.25, 0.3) is 5.91 Å². The molecule has 2 N–H and O–H groups in total. The number of carbonyl (C=O) groups is 2. The van der Waals surface area contributed by atoms with Crippen molar-refractivity contribution in [2.45, 2.75) is 25.0 Å². The quantitative estimate of drug-likeness (QED) is 0.483. The molecule has 0 radical (unpaired) electrons. The first-order valence-corrected chi connectivity index (χ1v) is 11.1. The maximum atomic E-state index is 12.4. The summed E-state index contributed by atoms with van der Waals surface area (Å²) < 4.78 is 1.76. The van der Waals surface area contributed by atoms with Gasteiger partial charge < -0.3 is 15.2 Å². The van der Waals surface area contributed by atoms with Gasteiger partial charge in [-0.2, -0.15) is 0 Å². The summed E-state index contributed by atoms with van der Waals surface area (Å²) in [7, 11) is 1.79. The molecule has 0 bridgehead atoms. The van der Waals surface area contributed by atoms with E-state index in [1.54, 1.807) is 41.9 Å². The average molecular weight is 478 g/mol. The minimum atomic E-state index is -0.359. The zero-order chi connectivity index (χ0) is 22.5. The molecule has 1 heterocycles. The Hall–Kier alpha value is -2.55. The molecule has 0 unspecified atom stereocenters. The summed E-state index contributed by atoms with van der Waals surface area (Å²) in [4.78, 5) is 24.7. The Labute approximate surface area is 194 Å². The summed E-state index contributed by atoms with van der Waals surface area (Å²) in [6, 6.07) is 11.8. The highest BCUT2D eigenvalue weighted by molar-refractivity contribution is 7.99. The number of hydrogen-bond donors (Lipinski definition) is 2. The van der Waals surface area contributed by atoms with Crippen molar-refractivity contribution in [3.63, 3.8) is 0 Å². The standard InChI is InChI=1S/C21H21Cl2N5O2S/c1-12-4-6-14(7-5-12)20(30)24-13(2)19-26-27-21(28(19)3)31-11-18(29)25-17-9-8-15(22)10-16(17)23/h4-10,13H,11H2,1-3H3,(H,24,30)(H,25,29)/t13-/m1/s1. The molecule has 0 saturated heterocycles. The molecule has 2 aromatic carbocycles. The van der Waals surface area contributed by atoms with Crippen molar-refractivity contribution >= 4 is 52.5 Å². The minimum absolute atomic E-state index is 0.120. The van der Waals surface area contributed by atoms with Crippen LogP contribution in [0.4, 0.5) is 5.69 Å². The van der Waals surface area contributed by atoms with Gasteiger partial charge >= 0.3 is 0 Å². The Morgan fingerprint density at radius 1 is 1.13 bits per heavy atom. The summed E-state index contributed by atoms with van der Waals surface area (Å²) in [5.74, 6) is 0.280. The molecule has 10 heteroatoms. The fraction of sp³-hybridized carbons (Fsp3) is 0.238. The van der Waals surface area contributed by atoms with Crippen LogP contribution in [0.1, 0.15) is 34.7 Å². The number of aryl methyl sites for hydroxylation is 1. The highest BCUT2D eigenvalue weighted by atomic mass is 35.5. The molecule has 7 nitrogen and oxygen atoms in total. The van der Waals surface area contributed by atoms with Crippen molar-refractivity contribution in [3.05, 3.63) is 69.5 Å². The third kappa shape index (κ3) is 6.00. The van der Waals surface area contributed by atoms with Crippen molar-refractivity contribution in [1.82, 2.24) is 20.1 Å². The van der Waals surface area contributed by atoms with Crippen LogP contribution in [-0.4, -0.2) is 32.3 Å². The average Bonchev–Trinajstić information content (AvgIpc) is 3.09. The maximum Gasteiger partial charge on any atom is 0.251 e. The molecule has 3 aromatic rings. The molecule has 2 amide bonds. The van der Waals surface area contributed by atoms with E-state index in [0.29, 0.717) is 32.3 Å². The molecule has 31 heavy (non-hydrogen) atoms.